The van der Waals surface area contributed by atoms with Crippen LogP contribution in [-0.4, -0.2) is 52.3 Å². The summed E-state index contributed by atoms with van der Waals surface area (Å²) in [4.78, 5) is 42.2. The number of nitro benzene ring substituents is 1. The van der Waals surface area contributed by atoms with Gasteiger partial charge in [0.2, 0.25) is 11.8 Å². The second kappa shape index (κ2) is 11.6. The van der Waals surface area contributed by atoms with E-state index in [1.54, 1.807) is 0 Å². The van der Waals surface area contributed by atoms with Crippen LogP contribution in [0.15, 0.2) is 47.5 Å². The van der Waals surface area contributed by atoms with Gasteiger partial charge in [0.15, 0.2) is 5.17 Å². The Hall–Kier alpha value is -3.74. The number of carbonyl (C=O) groups is 2. The summed E-state index contributed by atoms with van der Waals surface area (Å²) in [7, 11) is 1.37. The Kier molecular flexibility index (Phi) is 8.58. The monoisotopic (exact) mass is 508 g/mol. The van der Waals surface area contributed by atoms with E-state index in [0.717, 1.165) is 11.8 Å². The van der Waals surface area contributed by atoms with E-state index in [9.17, 15) is 28.5 Å². The molecule has 1 aliphatic rings. The summed E-state index contributed by atoms with van der Waals surface area (Å²) >= 11 is 1.09. The molecule has 0 spiro atoms. The largest absolute Gasteiger partial charge is 0.496 e. The van der Waals surface area contributed by atoms with Crippen molar-refractivity contribution in [1.82, 2.24) is 4.90 Å². The van der Waals surface area contributed by atoms with E-state index in [1.165, 1.54) is 54.5 Å². The Morgan fingerprint density at radius 3 is 2.54 bits per heavy atom. The number of nitro groups is 1. The highest BCUT2D eigenvalue weighted by Crippen LogP contribution is 2.34. The van der Waals surface area contributed by atoms with Gasteiger partial charge in [-0.05, 0) is 42.8 Å². The van der Waals surface area contributed by atoms with Crippen molar-refractivity contribution in [3.63, 3.8) is 0 Å². The van der Waals surface area contributed by atoms with E-state index in [1.807, 2.05) is 6.92 Å². The third kappa shape index (κ3) is 6.66. The van der Waals surface area contributed by atoms with Crippen molar-refractivity contribution in [2.24, 2.45) is 4.99 Å². The molecule has 0 aromatic heterocycles. The van der Waals surface area contributed by atoms with Gasteiger partial charge in [-0.1, -0.05) is 18.7 Å². The Morgan fingerprint density at radius 2 is 1.94 bits per heavy atom. The number of nitrogens with zero attached hydrogens (tertiary/aromatic N) is 3. The van der Waals surface area contributed by atoms with Gasteiger partial charge < -0.3 is 14.8 Å². The molecule has 2 aromatic rings. The fourth-order valence-corrected chi connectivity index (χ4v) is 4.42. The number of anilines is 1. The molecule has 186 valence electrons. The first-order valence-electron chi connectivity index (χ1n) is 10.5. The second-order valence-electron chi connectivity index (χ2n) is 7.26. The number of carbonyl (C=O) groups excluding carboxylic acids is 2. The molecule has 0 saturated carbocycles. The minimum Gasteiger partial charge on any atom is -0.496 e. The molecule has 0 radical (unpaired) electrons. The number of hydrogen-bond donors (Lipinski definition) is 1. The molecule has 0 bridgehead atoms. The number of rotatable bonds is 10. The molecule has 13 heteroatoms. The van der Waals surface area contributed by atoms with Gasteiger partial charge in [-0.25, -0.2) is 4.99 Å². The summed E-state index contributed by atoms with van der Waals surface area (Å²) in [5, 5.41) is 13.4. The van der Waals surface area contributed by atoms with E-state index in [4.69, 9.17) is 4.74 Å². The molecule has 3 rings (SSSR count). The van der Waals surface area contributed by atoms with Gasteiger partial charge in [0.25, 0.3) is 5.69 Å². The normalized spacial score (nSPS) is 16.6. The topological polar surface area (TPSA) is 123 Å². The maximum Gasteiger partial charge on any atom is 0.387 e. The minimum atomic E-state index is -2.94. The average molecular weight is 509 g/mol. The van der Waals surface area contributed by atoms with E-state index in [2.05, 4.69) is 15.0 Å². The lowest BCUT2D eigenvalue weighted by Gasteiger charge is -2.15. The van der Waals surface area contributed by atoms with Crippen LogP contribution >= 0.6 is 11.8 Å². The summed E-state index contributed by atoms with van der Waals surface area (Å²) in [5.41, 5.74) is 0.0702. The van der Waals surface area contributed by atoms with E-state index >= 15 is 0 Å². The number of alkyl halides is 2. The molecular weight excluding hydrogens is 486 g/mol. The second-order valence-corrected chi connectivity index (χ2v) is 8.43. The average Bonchev–Trinajstić information content (AvgIpc) is 3.09. The third-order valence-electron chi connectivity index (χ3n) is 4.80. The van der Waals surface area contributed by atoms with Crippen LogP contribution in [0.25, 0.3) is 0 Å². The zero-order valence-electron chi connectivity index (χ0n) is 18.8. The molecule has 1 saturated heterocycles. The van der Waals surface area contributed by atoms with Gasteiger partial charge in [0, 0.05) is 13.0 Å². The van der Waals surface area contributed by atoms with Gasteiger partial charge in [0.05, 0.1) is 23.8 Å². The summed E-state index contributed by atoms with van der Waals surface area (Å²) in [6, 6.07) is 9.65. The third-order valence-corrected chi connectivity index (χ3v) is 5.98. The van der Waals surface area contributed by atoms with E-state index < -0.39 is 22.7 Å². The molecule has 1 N–H and O–H groups in total. The minimum absolute atomic E-state index is 0.0124. The number of amides is 2. The fourth-order valence-electron chi connectivity index (χ4n) is 3.23. The lowest BCUT2D eigenvalue weighted by molar-refractivity contribution is -0.384. The lowest BCUT2D eigenvalue weighted by atomic mass is 10.2. The van der Waals surface area contributed by atoms with Crippen molar-refractivity contribution < 1.29 is 32.8 Å². The van der Waals surface area contributed by atoms with Crippen molar-refractivity contribution in [3.8, 4) is 11.5 Å². The Balaban J connectivity index is 1.74. The molecule has 10 nitrogen and oxygen atoms in total. The number of halogens is 2. The highest BCUT2D eigenvalue weighted by Gasteiger charge is 2.39. The van der Waals surface area contributed by atoms with E-state index in [0.29, 0.717) is 23.8 Å². The number of thioether (sulfide) groups is 1. The molecule has 35 heavy (non-hydrogen) atoms. The first-order chi connectivity index (χ1) is 16.7. The van der Waals surface area contributed by atoms with Gasteiger partial charge in [0.1, 0.15) is 22.4 Å². The van der Waals surface area contributed by atoms with Crippen molar-refractivity contribution in [3.05, 3.63) is 52.6 Å². The van der Waals surface area contributed by atoms with Gasteiger partial charge in [-0.2, -0.15) is 8.78 Å². The number of nitrogens with one attached hydrogen (secondary N) is 1. The van der Waals surface area contributed by atoms with E-state index in [-0.39, 0.29) is 35.2 Å². The van der Waals surface area contributed by atoms with Crippen molar-refractivity contribution >= 4 is 45.8 Å². The zero-order valence-corrected chi connectivity index (χ0v) is 19.6. The van der Waals surface area contributed by atoms with Crippen LogP contribution in [0.4, 0.5) is 25.8 Å². The number of ether oxygens (including phenoxy) is 2. The molecule has 1 unspecified atom stereocenters. The number of aliphatic imine (C=N–C) groups is 1. The predicted molar refractivity (Wildman–Crippen MR) is 126 cm³/mol. The van der Waals surface area contributed by atoms with Crippen LogP contribution in [0.1, 0.15) is 19.8 Å². The molecule has 0 aliphatic carbocycles. The van der Waals surface area contributed by atoms with Crippen LogP contribution in [0.3, 0.4) is 0 Å². The van der Waals surface area contributed by atoms with Crippen LogP contribution in [0.2, 0.25) is 0 Å². The maximum atomic E-state index is 12.9. The Bertz CT molecular complexity index is 1130. The highest BCUT2D eigenvalue weighted by molar-refractivity contribution is 8.15. The summed E-state index contributed by atoms with van der Waals surface area (Å²) < 4.78 is 34.0. The van der Waals surface area contributed by atoms with Crippen LogP contribution in [0.5, 0.6) is 11.5 Å². The smallest absolute Gasteiger partial charge is 0.387 e. The number of amidine groups is 1. The Labute approximate surface area is 203 Å². The fraction of sp³-hybridized carbons (Fsp3) is 0.318. The number of hydrogen-bond acceptors (Lipinski definition) is 8. The van der Waals surface area contributed by atoms with Crippen LogP contribution in [0, 0.1) is 10.1 Å². The maximum absolute atomic E-state index is 12.9. The van der Waals surface area contributed by atoms with Gasteiger partial charge >= 0.3 is 6.61 Å². The van der Waals surface area contributed by atoms with Crippen molar-refractivity contribution in [2.75, 3.05) is 19.0 Å². The first kappa shape index (κ1) is 25.9. The van der Waals surface area contributed by atoms with Crippen molar-refractivity contribution in [2.45, 2.75) is 31.6 Å². The van der Waals surface area contributed by atoms with Crippen LogP contribution < -0.4 is 14.8 Å². The standard InChI is InChI=1S/C22H22F2N4O6S/c1-3-10-27-20(30)18(35-22(27)25-13-4-6-14(7-5-13)34-21(23)24)12-19(29)26-16-9-8-15(33-2)11-17(16)28(31)32/h4-9,11,18,21H,3,10,12H2,1-2H3,(H,26,29). The Morgan fingerprint density at radius 1 is 1.26 bits per heavy atom. The summed E-state index contributed by atoms with van der Waals surface area (Å²) in [6.45, 7) is -0.685. The molecule has 2 aromatic carbocycles. The number of benzene rings is 2. The first-order valence-corrected chi connectivity index (χ1v) is 11.3. The highest BCUT2D eigenvalue weighted by atomic mass is 32.2. The molecule has 2 amide bonds. The SMILES string of the molecule is CCCN1C(=O)C(CC(=O)Nc2ccc(OC)cc2[N+](=O)[O-])SC1=Nc1ccc(OC(F)F)cc1. The number of methoxy groups -OCH3 is 1. The molecule has 1 heterocycles. The molecular formula is C22H22F2N4O6S. The lowest BCUT2D eigenvalue weighted by Crippen LogP contribution is -2.34. The summed E-state index contributed by atoms with van der Waals surface area (Å²) in [5.74, 6) is -0.643. The van der Waals surface area contributed by atoms with Gasteiger partial charge in [-0.15, -0.1) is 0 Å². The zero-order chi connectivity index (χ0) is 25.5. The predicted octanol–water partition coefficient (Wildman–Crippen LogP) is 4.58. The molecule has 1 fully saturated rings. The molecule has 1 aliphatic heterocycles. The molecule has 1 atom stereocenters. The van der Waals surface area contributed by atoms with Crippen LogP contribution in [-0.2, 0) is 9.59 Å². The summed E-state index contributed by atoms with van der Waals surface area (Å²) in [6.07, 6.45) is 0.413. The van der Waals surface area contributed by atoms with Gasteiger partial charge in [-0.3, -0.25) is 24.6 Å². The van der Waals surface area contributed by atoms with Crippen molar-refractivity contribution in [1.29, 1.82) is 0 Å². The quantitative estimate of drug-likeness (QED) is 0.368.